The number of carboxylic acid groups (broad SMARTS) is 1. The van der Waals surface area contributed by atoms with Crippen molar-refractivity contribution in [1.82, 2.24) is 5.32 Å². The van der Waals surface area contributed by atoms with Gasteiger partial charge >= 0.3 is 5.97 Å². The third-order valence-electron chi connectivity index (χ3n) is 9.20. The van der Waals surface area contributed by atoms with Gasteiger partial charge < -0.3 is 40.7 Å². The molecule has 0 aliphatic heterocycles. The number of phenols is 5. The number of allylic oxidation sites excluding steroid dienone is 3. The van der Waals surface area contributed by atoms with E-state index >= 15 is 0 Å². The van der Waals surface area contributed by atoms with Crippen LogP contribution in [0.15, 0.2) is 33.1 Å². The monoisotopic (exact) mass is 633 g/mol. The van der Waals surface area contributed by atoms with E-state index in [-0.39, 0.29) is 79.4 Å². The number of benzene rings is 3. The molecule has 7 N–H and O–H groups in total. The molecule has 1 fully saturated rings. The predicted octanol–water partition coefficient (Wildman–Crippen LogP) is 5.36. The highest BCUT2D eigenvalue weighted by Gasteiger charge is 2.44. The first kappa shape index (κ1) is 30.1. The summed E-state index contributed by atoms with van der Waals surface area (Å²) >= 11 is 5.31. The quantitative estimate of drug-likeness (QED) is 0.0641. The Morgan fingerprint density at radius 2 is 1.67 bits per heavy atom. The van der Waals surface area contributed by atoms with E-state index in [0.717, 1.165) is 31.7 Å². The second kappa shape index (κ2) is 10.9. The maximum Gasteiger partial charge on any atom is 0.320 e. The molecule has 1 atom stereocenters. The van der Waals surface area contributed by atoms with E-state index in [1.807, 2.05) is 0 Å². The van der Waals surface area contributed by atoms with Crippen molar-refractivity contribution in [3.05, 3.63) is 39.6 Å². The third kappa shape index (κ3) is 4.44. The molecule has 1 unspecified atom stereocenters. The smallest absolute Gasteiger partial charge is 0.320 e. The molecule has 0 radical (unpaired) electrons. The van der Waals surface area contributed by atoms with E-state index in [9.17, 15) is 40.2 Å². The number of nitrogens with zero attached hydrogens (tertiary/aromatic N) is 2. The molecule has 0 bridgehead atoms. The minimum Gasteiger partial charge on any atom is -0.508 e. The first-order chi connectivity index (χ1) is 21.4. The van der Waals surface area contributed by atoms with Crippen molar-refractivity contribution >= 4 is 56.2 Å². The van der Waals surface area contributed by atoms with Crippen LogP contribution in [0, 0.1) is 12.8 Å². The van der Waals surface area contributed by atoms with E-state index in [1.54, 1.807) is 6.92 Å². The highest BCUT2D eigenvalue weighted by atomic mass is 32.1. The fourth-order valence-electron chi connectivity index (χ4n) is 6.94. The summed E-state index contributed by atoms with van der Waals surface area (Å²) < 4.78 is 5.69. The Hall–Kier alpha value is -4.91. The van der Waals surface area contributed by atoms with Gasteiger partial charge in [-0.2, -0.15) is 5.11 Å². The van der Waals surface area contributed by atoms with Crippen molar-refractivity contribution in [2.24, 2.45) is 16.1 Å². The van der Waals surface area contributed by atoms with Gasteiger partial charge in [0.1, 0.15) is 34.5 Å². The van der Waals surface area contributed by atoms with Gasteiger partial charge in [0.2, 0.25) is 5.11 Å². The number of ketones is 1. The lowest BCUT2D eigenvalue weighted by molar-refractivity contribution is -0.143. The Labute approximate surface area is 262 Å². The van der Waals surface area contributed by atoms with Crippen LogP contribution >= 0.6 is 12.2 Å². The molecule has 0 spiro atoms. The minimum atomic E-state index is -1.76. The van der Waals surface area contributed by atoms with Crippen LogP contribution in [0.5, 0.6) is 34.5 Å². The summed E-state index contributed by atoms with van der Waals surface area (Å²) in [5.41, 5.74) is 1.03. The number of hydrogen-bond acceptors (Lipinski definition) is 10. The average molecular weight is 634 g/mol. The molecule has 3 aliphatic rings. The molecule has 3 aromatic rings. The summed E-state index contributed by atoms with van der Waals surface area (Å²) in [4.78, 5) is 26.6. The number of aromatic hydroxyl groups is 5. The zero-order valence-electron chi connectivity index (χ0n) is 24.7. The van der Waals surface area contributed by atoms with Crippen LogP contribution in [0.2, 0.25) is 0 Å². The molecule has 234 valence electrons. The van der Waals surface area contributed by atoms with Gasteiger partial charge in [0.15, 0.2) is 11.7 Å². The van der Waals surface area contributed by atoms with Gasteiger partial charge in [-0.3, -0.25) is 9.59 Å². The number of ether oxygens (including phenoxy) is 1. The summed E-state index contributed by atoms with van der Waals surface area (Å²) in [6.07, 6.45) is 4.46. The van der Waals surface area contributed by atoms with Crippen molar-refractivity contribution in [3.8, 4) is 34.5 Å². The van der Waals surface area contributed by atoms with Gasteiger partial charge in [-0.25, -0.2) is 0 Å². The zero-order chi connectivity index (χ0) is 32.5. The molecule has 3 aliphatic carbocycles. The number of thiocarbonyl (C=S) groups is 1. The maximum atomic E-state index is 14.1. The number of Topliss-reactive ketones (excluding diaryl/α,β-unsaturated/α-hetero) is 1. The fraction of sp³-hybridized carbons (Fsp3) is 0.344. The molecule has 13 heteroatoms. The molecular formula is C32H31N3O9S. The summed E-state index contributed by atoms with van der Waals surface area (Å²) in [6.45, 7) is 3.06. The number of carbonyl (C=O) groups excluding carboxylic acids is 1. The zero-order valence-corrected chi connectivity index (χ0v) is 25.5. The van der Waals surface area contributed by atoms with E-state index in [0.29, 0.717) is 16.7 Å². The van der Waals surface area contributed by atoms with Crippen molar-refractivity contribution < 1.29 is 45.0 Å². The fourth-order valence-corrected chi connectivity index (χ4v) is 7.15. The number of aliphatic carboxylic acids is 1. The van der Waals surface area contributed by atoms with Crippen molar-refractivity contribution in [2.45, 2.75) is 58.4 Å². The molecule has 0 aromatic heterocycles. The molecule has 3 aromatic carbocycles. The number of nitrogens with one attached hydrogen (secondary N) is 1. The molecule has 0 heterocycles. The van der Waals surface area contributed by atoms with Crippen molar-refractivity contribution in [1.29, 1.82) is 0 Å². The highest BCUT2D eigenvalue weighted by molar-refractivity contribution is 7.80. The Morgan fingerprint density at radius 1 is 0.978 bits per heavy atom. The summed E-state index contributed by atoms with van der Waals surface area (Å²) in [5.74, 6) is -6.61. The van der Waals surface area contributed by atoms with E-state index in [4.69, 9.17) is 17.0 Å². The third-order valence-corrected chi connectivity index (χ3v) is 9.40. The molecule has 1 saturated carbocycles. The Morgan fingerprint density at radius 3 is 2.31 bits per heavy atom. The van der Waals surface area contributed by atoms with Gasteiger partial charge in [0.25, 0.3) is 0 Å². The number of carbonyl (C=O) groups is 2. The predicted molar refractivity (Wildman–Crippen MR) is 168 cm³/mol. The SMILES string of the molecule is COc1c2c(c(O)c3c(O)c4cc(O)c(C)c(O)c4c(O)c13)C1=C(CC2)C(C)=C(N=NC(=S)NC2CCCC2)C(C(=O)O)C1=O. The van der Waals surface area contributed by atoms with Crippen LogP contribution < -0.4 is 10.1 Å². The van der Waals surface area contributed by atoms with E-state index in [2.05, 4.69) is 15.5 Å². The first-order valence-electron chi connectivity index (χ1n) is 14.5. The topological polar surface area (TPSA) is 202 Å². The van der Waals surface area contributed by atoms with E-state index in [1.165, 1.54) is 14.0 Å². The van der Waals surface area contributed by atoms with Crippen molar-refractivity contribution in [3.63, 3.8) is 0 Å². The maximum absolute atomic E-state index is 14.1. The number of carboxylic acids is 1. The summed E-state index contributed by atoms with van der Waals surface area (Å²) in [7, 11) is 1.31. The molecule has 6 rings (SSSR count). The Bertz CT molecular complexity index is 1970. The lowest BCUT2D eigenvalue weighted by Gasteiger charge is -2.32. The lowest BCUT2D eigenvalue weighted by Crippen LogP contribution is -2.33. The standard InChI is InChI=1S/C32H31N3O9S/c1-11-14-8-9-15-19(18(14)28(40)23(31(42)43)24(11)34-35-32(45)33-13-6-4-5-7-13)27(39)21-22(30(15)44-3)29(41)20-16(26(21)38)10-17(36)12(2)25(20)37/h10,13,23,36-39,41H,4-9H2,1-3H3,(H,33,45)(H,42,43). The second-order valence-corrected chi connectivity index (χ2v) is 12.0. The van der Waals surface area contributed by atoms with Gasteiger partial charge in [-0.1, -0.05) is 12.8 Å². The number of methoxy groups -OCH3 is 1. The Balaban J connectivity index is 1.60. The van der Waals surface area contributed by atoms with Crippen LogP contribution in [0.3, 0.4) is 0 Å². The molecule has 0 saturated heterocycles. The van der Waals surface area contributed by atoms with Crippen LogP contribution in [0.25, 0.3) is 27.1 Å². The number of fused-ring (bicyclic) bond motifs is 4. The number of rotatable bonds is 4. The average Bonchev–Trinajstić information content (AvgIpc) is 3.51. The highest BCUT2D eigenvalue weighted by Crippen LogP contribution is 2.58. The van der Waals surface area contributed by atoms with Gasteiger partial charge in [0, 0.05) is 33.7 Å². The number of azo groups is 1. The van der Waals surface area contributed by atoms with Gasteiger partial charge in [-0.15, -0.1) is 5.11 Å². The largest absolute Gasteiger partial charge is 0.508 e. The molecule has 12 nitrogen and oxygen atoms in total. The van der Waals surface area contributed by atoms with Crippen LogP contribution in [-0.4, -0.2) is 60.7 Å². The Kier molecular flexibility index (Phi) is 7.31. The molecular weight excluding hydrogens is 602 g/mol. The lowest BCUT2D eigenvalue weighted by atomic mass is 9.72. The minimum absolute atomic E-state index is 0.0271. The van der Waals surface area contributed by atoms with Crippen molar-refractivity contribution in [2.75, 3.05) is 7.11 Å². The summed E-state index contributed by atoms with van der Waals surface area (Å²) in [6, 6.07) is 1.30. The second-order valence-electron chi connectivity index (χ2n) is 11.6. The summed E-state index contributed by atoms with van der Waals surface area (Å²) in [5, 5.41) is 76.5. The number of hydrogen-bond donors (Lipinski definition) is 7. The number of phenolic OH excluding ortho intramolecular Hbond substituents is 5. The molecule has 0 amide bonds. The van der Waals surface area contributed by atoms with Crippen LogP contribution in [-0.2, 0) is 16.0 Å². The normalized spacial score (nSPS) is 18.6. The first-order valence-corrected chi connectivity index (χ1v) is 14.9. The van der Waals surface area contributed by atoms with Crippen LogP contribution in [0.1, 0.15) is 55.7 Å². The van der Waals surface area contributed by atoms with Gasteiger partial charge in [0.05, 0.1) is 29.0 Å². The molecule has 45 heavy (non-hydrogen) atoms. The van der Waals surface area contributed by atoms with Crippen LogP contribution in [0.4, 0.5) is 0 Å². The van der Waals surface area contributed by atoms with Gasteiger partial charge in [-0.05, 0) is 69.0 Å². The van der Waals surface area contributed by atoms with E-state index < -0.39 is 40.7 Å².